The third kappa shape index (κ3) is 2.12. The zero-order valence-electron chi connectivity index (χ0n) is 16.5. The van der Waals surface area contributed by atoms with Gasteiger partial charge in [-0.15, -0.1) is 0 Å². The first-order valence-corrected chi connectivity index (χ1v) is 10.3. The molecule has 6 heteroatoms. The van der Waals surface area contributed by atoms with Gasteiger partial charge >= 0.3 is 0 Å². The molecule has 0 aromatic carbocycles. The quantitative estimate of drug-likeness (QED) is 0.367. The molecule has 0 unspecified atom stereocenters. The van der Waals surface area contributed by atoms with Gasteiger partial charge in [-0.05, 0) is 56.8 Å². The molecule has 0 aliphatic heterocycles. The van der Waals surface area contributed by atoms with Crippen LogP contribution in [0.25, 0.3) is 0 Å². The van der Waals surface area contributed by atoms with Crippen molar-refractivity contribution in [3.05, 3.63) is 11.6 Å². The van der Waals surface area contributed by atoms with Crippen molar-refractivity contribution in [3.63, 3.8) is 0 Å². The predicted molar refractivity (Wildman–Crippen MR) is 98.6 cm³/mol. The van der Waals surface area contributed by atoms with E-state index in [2.05, 4.69) is 13.0 Å². The molecule has 3 saturated carbocycles. The summed E-state index contributed by atoms with van der Waals surface area (Å²) < 4.78 is 0. The zero-order chi connectivity index (χ0) is 20.0. The highest BCUT2D eigenvalue weighted by molar-refractivity contribution is 5.33. The summed E-state index contributed by atoms with van der Waals surface area (Å²) in [5, 5.41) is 66.0. The molecule has 154 valence electrons. The van der Waals surface area contributed by atoms with Crippen LogP contribution in [-0.4, -0.2) is 66.3 Å². The highest BCUT2D eigenvalue weighted by atomic mass is 16.4. The van der Waals surface area contributed by atoms with Crippen LogP contribution >= 0.6 is 0 Å². The number of rotatable bonds is 1. The number of aliphatic hydroxyl groups excluding tert-OH is 4. The maximum absolute atomic E-state index is 11.9. The second kappa shape index (κ2) is 5.77. The van der Waals surface area contributed by atoms with E-state index in [9.17, 15) is 30.6 Å². The highest BCUT2D eigenvalue weighted by Crippen LogP contribution is 2.69. The van der Waals surface area contributed by atoms with Crippen molar-refractivity contribution in [1.29, 1.82) is 0 Å². The molecule has 3 fully saturated rings. The summed E-state index contributed by atoms with van der Waals surface area (Å²) in [7, 11) is 0. The Kier molecular flexibility index (Phi) is 4.23. The molecule has 0 aromatic heterocycles. The van der Waals surface area contributed by atoms with E-state index in [0.29, 0.717) is 25.7 Å². The van der Waals surface area contributed by atoms with Gasteiger partial charge in [0.25, 0.3) is 0 Å². The molecule has 6 nitrogen and oxygen atoms in total. The lowest BCUT2D eigenvalue weighted by molar-refractivity contribution is -0.302. The second-order valence-electron chi connectivity index (χ2n) is 10.1. The van der Waals surface area contributed by atoms with Gasteiger partial charge in [0.1, 0.15) is 5.60 Å². The van der Waals surface area contributed by atoms with Crippen LogP contribution in [0.5, 0.6) is 0 Å². The Bertz CT molecular complexity index is 663. The Balaban J connectivity index is 1.85. The monoisotopic (exact) mass is 382 g/mol. The minimum absolute atomic E-state index is 0.177. The number of fused-ring (bicyclic) bond motifs is 5. The van der Waals surface area contributed by atoms with Gasteiger partial charge in [0.2, 0.25) is 0 Å². The van der Waals surface area contributed by atoms with Crippen LogP contribution < -0.4 is 0 Å². The van der Waals surface area contributed by atoms with Crippen LogP contribution in [0.4, 0.5) is 0 Å². The summed E-state index contributed by atoms with van der Waals surface area (Å²) in [6.45, 7) is 5.16. The van der Waals surface area contributed by atoms with Gasteiger partial charge in [-0.25, -0.2) is 0 Å². The third-order valence-corrected chi connectivity index (χ3v) is 9.25. The fourth-order valence-electron chi connectivity index (χ4n) is 7.42. The minimum atomic E-state index is -1.67. The van der Waals surface area contributed by atoms with Crippen molar-refractivity contribution >= 4 is 0 Å². The summed E-state index contributed by atoms with van der Waals surface area (Å²) in [6.07, 6.45) is 0.980. The maximum Gasteiger partial charge on any atom is 0.101 e. The molecule has 4 rings (SSSR count). The van der Waals surface area contributed by atoms with Gasteiger partial charge in [0, 0.05) is 5.92 Å². The van der Waals surface area contributed by atoms with Crippen LogP contribution in [-0.2, 0) is 0 Å². The summed E-state index contributed by atoms with van der Waals surface area (Å²) >= 11 is 0. The van der Waals surface area contributed by atoms with Gasteiger partial charge in [0.05, 0.1) is 35.4 Å². The van der Waals surface area contributed by atoms with E-state index >= 15 is 0 Å². The first-order valence-electron chi connectivity index (χ1n) is 10.3. The van der Waals surface area contributed by atoms with Crippen LogP contribution in [0.1, 0.15) is 59.3 Å². The highest BCUT2D eigenvalue weighted by Gasteiger charge is 2.77. The van der Waals surface area contributed by atoms with E-state index in [0.717, 1.165) is 5.57 Å². The van der Waals surface area contributed by atoms with Crippen molar-refractivity contribution in [3.8, 4) is 0 Å². The van der Waals surface area contributed by atoms with Crippen molar-refractivity contribution < 1.29 is 30.6 Å². The number of allylic oxidation sites excluding steroid dienone is 1. The fourth-order valence-corrected chi connectivity index (χ4v) is 7.42. The molecular formula is C21H34O6. The summed E-state index contributed by atoms with van der Waals surface area (Å²) in [4.78, 5) is 0. The fraction of sp³-hybridized carbons (Fsp3) is 0.905. The lowest BCUT2D eigenvalue weighted by Gasteiger charge is -2.65. The lowest BCUT2D eigenvalue weighted by Crippen LogP contribution is -2.75. The molecule has 0 heterocycles. The average molecular weight is 382 g/mol. The number of hydrogen-bond donors (Lipinski definition) is 6. The van der Waals surface area contributed by atoms with Gasteiger partial charge in [0.15, 0.2) is 0 Å². The SMILES string of the molecule is C[C@@H](O)[C@]1(O)CC[C@]2(O)[C@@H]3CC=C4C[C@@H](O)CC[C@]4(C)[C@H]3[C@H](O)[C@@H](O)[C@]12C. The van der Waals surface area contributed by atoms with E-state index in [4.69, 9.17) is 0 Å². The first-order chi connectivity index (χ1) is 12.4. The van der Waals surface area contributed by atoms with Crippen LogP contribution in [0, 0.1) is 22.7 Å². The average Bonchev–Trinajstić information content (AvgIpc) is 2.83. The van der Waals surface area contributed by atoms with E-state index in [1.807, 2.05) is 0 Å². The van der Waals surface area contributed by atoms with E-state index in [1.54, 1.807) is 6.92 Å². The molecule has 4 aliphatic rings. The Hall–Kier alpha value is -0.500. The van der Waals surface area contributed by atoms with Crippen LogP contribution in [0.15, 0.2) is 11.6 Å². The molecular weight excluding hydrogens is 348 g/mol. The van der Waals surface area contributed by atoms with E-state index < -0.39 is 40.3 Å². The standard InChI is InChI=1S/C21H34O6/c1-11(22)20(26)8-9-21(27)14-5-4-12-10-13(23)6-7-18(12,2)15(14)16(24)17(25)19(20,21)3/h4,11,13-17,22-27H,5-10H2,1-3H3/t11-,13+,14-,15-,16+,17-,18+,19-,20-,21+/m1/s1. The number of hydrogen-bond acceptors (Lipinski definition) is 6. The normalized spacial score (nSPS) is 58.7. The number of aliphatic hydroxyl groups is 6. The van der Waals surface area contributed by atoms with Crippen molar-refractivity contribution in [2.75, 3.05) is 0 Å². The van der Waals surface area contributed by atoms with Gasteiger partial charge in [-0.1, -0.05) is 25.5 Å². The van der Waals surface area contributed by atoms with Gasteiger partial charge in [-0.2, -0.15) is 0 Å². The second-order valence-corrected chi connectivity index (χ2v) is 10.1. The third-order valence-electron chi connectivity index (χ3n) is 9.25. The molecule has 6 N–H and O–H groups in total. The van der Waals surface area contributed by atoms with Gasteiger partial charge < -0.3 is 30.6 Å². The lowest BCUT2D eigenvalue weighted by atomic mass is 9.43. The summed E-state index contributed by atoms with van der Waals surface area (Å²) in [5.74, 6) is -0.674. The molecule has 27 heavy (non-hydrogen) atoms. The topological polar surface area (TPSA) is 121 Å². The predicted octanol–water partition coefficient (Wildman–Crippen LogP) is 0.478. The Labute approximate surface area is 160 Å². The van der Waals surface area contributed by atoms with Crippen molar-refractivity contribution in [2.24, 2.45) is 22.7 Å². The van der Waals surface area contributed by atoms with E-state index in [-0.39, 0.29) is 30.8 Å². The van der Waals surface area contributed by atoms with E-state index in [1.165, 1.54) is 6.92 Å². The Morgan fingerprint density at radius 2 is 1.74 bits per heavy atom. The molecule has 4 aliphatic carbocycles. The Morgan fingerprint density at radius 3 is 2.37 bits per heavy atom. The molecule has 0 radical (unpaired) electrons. The van der Waals surface area contributed by atoms with Gasteiger partial charge in [-0.3, -0.25) is 0 Å². The van der Waals surface area contributed by atoms with Crippen molar-refractivity contribution in [2.45, 2.75) is 94.9 Å². The molecule has 0 aromatic rings. The Morgan fingerprint density at radius 1 is 1.07 bits per heavy atom. The van der Waals surface area contributed by atoms with Crippen molar-refractivity contribution in [1.82, 2.24) is 0 Å². The summed E-state index contributed by atoms with van der Waals surface area (Å²) in [5.41, 5.74) is -3.77. The largest absolute Gasteiger partial charge is 0.393 e. The minimum Gasteiger partial charge on any atom is -0.393 e. The smallest absolute Gasteiger partial charge is 0.101 e. The molecule has 0 spiro atoms. The maximum atomic E-state index is 11.9. The molecule has 0 amide bonds. The molecule has 10 atom stereocenters. The molecule has 0 bridgehead atoms. The first kappa shape index (κ1) is 19.8. The molecule has 0 saturated heterocycles. The van der Waals surface area contributed by atoms with Crippen LogP contribution in [0.2, 0.25) is 0 Å². The van der Waals surface area contributed by atoms with Crippen LogP contribution in [0.3, 0.4) is 0 Å². The summed E-state index contributed by atoms with van der Waals surface area (Å²) in [6, 6.07) is 0. The zero-order valence-corrected chi connectivity index (χ0v) is 16.5.